The number of carbonyl (C=O) groups excluding carboxylic acids is 1. The number of benzene rings is 2. The van der Waals surface area contributed by atoms with Gasteiger partial charge in [-0.3, -0.25) is 4.79 Å². The largest absolute Gasteiger partial charge is 0.381 e. The number of ether oxygens (including phenoxy) is 1. The minimum absolute atomic E-state index is 0.0682. The Morgan fingerprint density at radius 3 is 2.66 bits per heavy atom. The molecule has 0 aliphatic carbocycles. The average Bonchev–Trinajstić information content (AvgIpc) is 3.34. The van der Waals surface area contributed by atoms with E-state index in [2.05, 4.69) is 34.5 Å². The number of aromatic nitrogens is 2. The topological polar surface area (TPSA) is 67.4 Å². The second-order valence-electron chi connectivity index (χ2n) is 8.95. The highest BCUT2D eigenvalue weighted by molar-refractivity contribution is 5.86. The van der Waals surface area contributed by atoms with Crippen LogP contribution in [0.2, 0.25) is 0 Å². The summed E-state index contributed by atoms with van der Waals surface area (Å²) in [6.07, 6.45) is 3.62. The van der Waals surface area contributed by atoms with E-state index >= 15 is 0 Å². The molecule has 2 fully saturated rings. The quantitative estimate of drug-likeness (QED) is 0.667. The van der Waals surface area contributed by atoms with Crippen LogP contribution in [0.5, 0.6) is 0 Å². The van der Waals surface area contributed by atoms with Crippen LogP contribution in [0.25, 0.3) is 10.9 Å². The molecule has 2 aliphatic rings. The number of nitrogens with zero attached hydrogens (tertiary/aromatic N) is 3. The zero-order chi connectivity index (χ0) is 22.0. The number of carbonyl (C=O) groups is 1. The summed E-state index contributed by atoms with van der Waals surface area (Å²) < 4.78 is 5.64. The van der Waals surface area contributed by atoms with E-state index in [1.807, 2.05) is 37.3 Å². The van der Waals surface area contributed by atoms with Crippen LogP contribution < -0.4 is 10.2 Å². The number of para-hydroxylation sites is 1. The van der Waals surface area contributed by atoms with Crippen molar-refractivity contribution >= 4 is 22.8 Å². The normalized spacial score (nSPS) is 20.4. The molecule has 1 N–H and O–H groups in total. The summed E-state index contributed by atoms with van der Waals surface area (Å²) >= 11 is 0. The molecule has 166 valence electrons. The van der Waals surface area contributed by atoms with Gasteiger partial charge in [0.2, 0.25) is 11.9 Å². The van der Waals surface area contributed by atoms with E-state index in [1.54, 1.807) is 0 Å². The van der Waals surface area contributed by atoms with Gasteiger partial charge in [0.05, 0.1) is 11.2 Å². The van der Waals surface area contributed by atoms with E-state index in [-0.39, 0.29) is 17.4 Å². The van der Waals surface area contributed by atoms with Crippen molar-refractivity contribution in [2.75, 3.05) is 31.2 Å². The van der Waals surface area contributed by atoms with Crippen molar-refractivity contribution in [3.63, 3.8) is 0 Å². The Morgan fingerprint density at radius 2 is 1.84 bits per heavy atom. The third kappa shape index (κ3) is 3.95. The van der Waals surface area contributed by atoms with E-state index in [9.17, 15) is 4.79 Å². The maximum atomic E-state index is 13.4. The Balaban J connectivity index is 1.35. The first-order valence-corrected chi connectivity index (χ1v) is 11.6. The molecule has 0 bridgehead atoms. The first-order chi connectivity index (χ1) is 15.7. The summed E-state index contributed by atoms with van der Waals surface area (Å²) in [6.45, 7) is 4.89. The number of fused-ring (bicyclic) bond motifs is 1. The van der Waals surface area contributed by atoms with E-state index < -0.39 is 0 Å². The lowest BCUT2D eigenvalue weighted by atomic mass is 9.74. The molecule has 2 aliphatic heterocycles. The molecule has 6 nitrogen and oxygen atoms in total. The van der Waals surface area contributed by atoms with Gasteiger partial charge < -0.3 is 15.0 Å². The number of rotatable bonds is 5. The summed E-state index contributed by atoms with van der Waals surface area (Å²) in [5.41, 5.74) is 3.07. The molecule has 1 amide bonds. The lowest BCUT2D eigenvalue weighted by Crippen LogP contribution is -2.50. The number of anilines is 1. The van der Waals surface area contributed by atoms with Crippen LogP contribution in [0.15, 0.2) is 54.6 Å². The Hall–Kier alpha value is -2.99. The molecular formula is C26H30N4O2. The third-order valence-corrected chi connectivity index (χ3v) is 7.03. The van der Waals surface area contributed by atoms with Crippen LogP contribution in [0.1, 0.15) is 36.9 Å². The van der Waals surface area contributed by atoms with Crippen LogP contribution in [-0.2, 0) is 14.9 Å². The molecule has 2 saturated heterocycles. The summed E-state index contributed by atoms with van der Waals surface area (Å²) in [4.78, 5) is 25.0. The van der Waals surface area contributed by atoms with Crippen LogP contribution in [0, 0.1) is 6.92 Å². The molecule has 2 aromatic carbocycles. The third-order valence-electron chi connectivity index (χ3n) is 7.03. The highest BCUT2D eigenvalue weighted by atomic mass is 16.5. The number of hydrogen-bond acceptors (Lipinski definition) is 5. The molecule has 3 heterocycles. The standard InChI is InChI=1S/C26H30N4O2/c1-19-21-10-5-6-11-22(21)29-25(28-19)30-15-7-12-23(30)24(31)27-18-26(13-16-32-17-14-26)20-8-3-2-4-9-20/h2-6,8-11,23H,7,12-18H2,1H3,(H,27,31). The zero-order valence-electron chi connectivity index (χ0n) is 18.6. The molecule has 1 unspecified atom stereocenters. The van der Waals surface area contributed by atoms with E-state index in [4.69, 9.17) is 14.7 Å². The molecule has 0 saturated carbocycles. The fourth-order valence-electron chi connectivity index (χ4n) is 5.12. The summed E-state index contributed by atoms with van der Waals surface area (Å²) in [7, 11) is 0. The van der Waals surface area contributed by atoms with Crippen molar-refractivity contribution in [3.8, 4) is 0 Å². The fourth-order valence-corrected chi connectivity index (χ4v) is 5.12. The van der Waals surface area contributed by atoms with Crippen LogP contribution in [0.4, 0.5) is 5.95 Å². The van der Waals surface area contributed by atoms with Gasteiger partial charge in [0.1, 0.15) is 6.04 Å². The van der Waals surface area contributed by atoms with Crippen LogP contribution in [0.3, 0.4) is 0 Å². The van der Waals surface area contributed by atoms with Crippen molar-refractivity contribution in [2.45, 2.75) is 44.1 Å². The van der Waals surface area contributed by atoms with E-state index in [0.717, 1.165) is 62.0 Å². The van der Waals surface area contributed by atoms with Crippen LogP contribution >= 0.6 is 0 Å². The molecule has 6 heteroatoms. The van der Waals surface area contributed by atoms with Gasteiger partial charge in [0.25, 0.3) is 0 Å². The Morgan fingerprint density at radius 1 is 1.09 bits per heavy atom. The van der Waals surface area contributed by atoms with Gasteiger partial charge in [-0.05, 0) is 44.2 Å². The molecular weight excluding hydrogens is 400 g/mol. The first-order valence-electron chi connectivity index (χ1n) is 11.6. The average molecular weight is 431 g/mol. The van der Waals surface area contributed by atoms with Gasteiger partial charge in [-0.1, -0.05) is 48.5 Å². The predicted molar refractivity (Wildman–Crippen MR) is 126 cm³/mol. The highest BCUT2D eigenvalue weighted by Crippen LogP contribution is 2.34. The van der Waals surface area contributed by atoms with E-state index in [0.29, 0.717) is 12.5 Å². The molecule has 0 radical (unpaired) electrons. The van der Waals surface area contributed by atoms with Gasteiger partial charge >= 0.3 is 0 Å². The number of hydrogen-bond donors (Lipinski definition) is 1. The van der Waals surface area contributed by atoms with Crippen molar-refractivity contribution in [3.05, 3.63) is 65.9 Å². The monoisotopic (exact) mass is 430 g/mol. The van der Waals surface area contributed by atoms with Crippen molar-refractivity contribution < 1.29 is 9.53 Å². The van der Waals surface area contributed by atoms with Crippen molar-refractivity contribution in [1.29, 1.82) is 0 Å². The summed E-state index contributed by atoms with van der Waals surface area (Å²) in [6, 6.07) is 18.3. The smallest absolute Gasteiger partial charge is 0.242 e. The molecule has 32 heavy (non-hydrogen) atoms. The minimum atomic E-state index is -0.233. The Bertz CT molecular complexity index is 1100. The zero-order valence-corrected chi connectivity index (χ0v) is 18.6. The fraction of sp³-hybridized carbons (Fsp3) is 0.423. The van der Waals surface area contributed by atoms with Gasteiger partial charge in [-0.15, -0.1) is 0 Å². The van der Waals surface area contributed by atoms with Gasteiger partial charge in [0.15, 0.2) is 0 Å². The second-order valence-corrected chi connectivity index (χ2v) is 8.95. The van der Waals surface area contributed by atoms with Gasteiger partial charge in [0, 0.05) is 37.1 Å². The van der Waals surface area contributed by atoms with Crippen molar-refractivity contribution in [1.82, 2.24) is 15.3 Å². The summed E-state index contributed by atoms with van der Waals surface area (Å²) in [5, 5.41) is 4.35. The lowest BCUT2D eigenvalue weighted by molar-refractivity contribution is -0.122. The second kappa shape index (κ2) is 8.87. The minimum Gasteiger partial charge on any atom is -0.381 e. The molecule has 0 spiro atoms. The summed E-state index contributed by atoms with van der Waals surface area (Å²) in [5.74, 6) is 0.724. The number of nitrogens with one attached hydrogen (secondary N) is 1. The Kier molecular flexibility index (Phi) is 5.79. The Labute approximate surface area is 189 Å². The highest BCUT2D eigenvalue weighted by Gasteiger charge is 2.37. The SMILES string of the molecule is Cc1nc(N2CCCC2C(=O)NCC2(c3ccccc3)CCOCC2)nc2ccccc12. The first kappa shape index (κ1) is 20.9. The molecule has 1 aromatic heterocycles. The number of amides is 1. The lowest BCUT2D eigenvalue weighted by Gasteiger charge is -2.38. The number of aryl methyl sites for hydroxylation is 1. The maximum Gasteiger partial charge on any atom is 0.242 e. The molecule has 3 aromatic rings. The van der Waals surface area contributed by atoms with E-state index in [1.165, 1.54) is 5.56 Å². The van der Waals surface area contributed by atoms with Crippen LogP contribution in [-0.4, -0.2) is 48.2 Å². The maximum absolute atomic E-state index is 13.4. The van der Waals surface area contributed by atoms with Gasteiger partial charge in [-0.25, -0.2) is 9.97 Å². The van der Waals surface area contributed by atoms with Gasteiger partial charge in [-0.2, -0.15) is 0 Å². The molecule has 5 rings (SSSR count). The molecule has 1 atom stereocenters. The predicted octanol–water partition coefficient (Wildman–Crippen LogP) is 3.77. The van der Waals surface area contributed by atoms with Crippen molar-refractivity contribution in [2.24, 2.45) is 0 Å².